The molecule has 0 fully saturated rings. The Morgan fingerprint density at radius 1 is 1.00 bits per heavy atom. The Morgan fingerprint density at radius 2 is 1.63 bits per heavy atom. The molecule has 142 valence electrons. The number of carbonyl (C=O) groups excluding carboxylic acids is 2. The molecule has 0 bridgehead atoms. The zero-order valence-corrected chi connectivity index (χ0v) is 15.7. The van der Waals surface area contributed by atoms with E-state index < -0.39 is 17.4 Å². The summed E-state index contributed by atoms with van der Waals surface area (Å²) in [5, 5.41) is 9.67. The predicted molar refractivity (Wildman–Crippen MR) is 101 cm³/mol. The van der Waals surface area contributed by atoms with Crippen molar-refractivity contribution >= 4 is 11.9 Å². The maximum absolute atomic E-state index is 12.8. The molecule has 0 unspecified atom stereocenters. The Kier molecular flexibility index (Phi) is 5.61. The van der Waals surface area contributed by atoms with Gasteiger partial charge in [-0.15, -0.1) is 0 Å². The Balaban J connectivity index is 2.12. The van der Waals surface area contributed by atoms with Crippen molar-refractivity contribution in [1.82, 2.24) is 0 Å². The number of fused-ring (bicyclic) bond motifs is 1. The molecular weight excluding hydrogens is 344 g/mol. The van der Waals surface area contributed by atoms with E-state index in [0.29, 0.717) is 0 Å². The van der Waals surface area contributed by atoms with Gasteiger partial charge in [0.05, 0.1) is 19.8 Å². The molecule has 2 aromatic carbocycles. The molecule has 0 radical (unpaired) electrons. The minimum absolute atomic E-state index is 0.112. The first-order valence-electron chi connectivity index (χ1n) is 9.21. The molecule has 27 heavy (non-hydrogen) atoms. The van der Waals surface area contributed by atoms with Gasteiger partial charge in [-0.05, 0) is 54.2 Å². The standard InChI is InChI=1S/C22H24O5/c1-3-26-20(24)22(21(25)27-4-2)12-17-10-15(14-23)11-18(19(17)13-22)16-8-6-5-7-9-16/h5-11,23H,3-4,12-14H2,1-2H3. The summed E-state index contributed by atoms with van der Waals surface area (Å²) in [4.78, 5) is 25.6. The third-order valence-electron chi connectivity index (χ3n) is 4.97. The third-order valence-corrected chi connectivity index (χ3v) is 4.97. The molecule has 0 spiro atoms. The molecule has 0 amide bonds. The van der Waals surface area contributed by atoms with E-state index in [2.05, 4.69) is 0 Å². The molecule has 3 rings (SSSR count). The summed E-state index contributed by atoms with van der Waals surface area (Å²) >= 11 is 0. The van der Waals surface area contributed by atoms with Crippen LogP contribution in [0, 0.1) is 5.41 Å². The van der Waals surface area contributed by atoms with Gasteiger partial charge in [-0.25, -0.2) is 0 Å². The quantitative estimate of drug-likeness (QED) is 0.627. The largest absolute Gasteiger partial charge is 0.465 e. The number of aliphatic hydroxyl groups excluding tert-OH is 1. The van der Waals surface area contributed by atoms with E-state index in [1.807, 2.05) is 42.5 Å². The zero-order chi connectivity index (χ0) is 19.4. The monoisotopic (exact) mass is 368 g/mol. The van der Waals surface area contributed by atoms with Gasteiger partial charge < -0.3 is 14.6 Å². The second-order valence-corrected chi connectivity index (χ2v) is 6.68. The number of aliphatic hydroxyl groups is 1. The van der Waals surface area contributed by atoms with Crippen molar-refractivity contribution < 1.29 is 24.2 Å². The van der Waals surface area contributed by atoms with E-state index in [1.165, 1.54) is 0 Å². The van der Waals surface area contributed by atoms with Crippen molar-refractivity contribution in [1.29, 1.82) is 0 Å². The van der Waals surface area contributed by atoms with Crippen LogP contribution in [0.2, 0.25) is 0 Å². The Labute approximate surface area is 158 Å². The summed E-state index contributed by atoms with van der Waals surface area (Å²) in [6, 6.07) is 13.5. The van der Waals surface area contributed by atoms with E-state index in [1.54, 1.807) is 13.8 Å². The maximum Gasteiger partial charge on any atom is 0.324 e. The fraction of sp³-hybridized carbons (Fsp3) is 0.364. The molecule has 0 saturated carbocycles. The fourth-order valence-corrected chi connectivity index (χ4v) is 3.73. The molecule has 5 heteroatoms. The molecule has 0 aromatic heterocycles. The summed E-state index contributed by atoms with van der Waals surface area (Å²) < 4.78 is 10.5. The topological polar surface area (TPSA) is 72.8 Å². The van der Waals surface area contributed by atoms with Crippen LogP contribution in [0.25, 0.3) is 11.1 Å². The number of ether oxygens (including phenoxy) is 2. The Hall–Kier alpha value is -2.66. The van der Waals surface area contributed by atoms with Gasteiger partial charge in [-0.3, -0.25) is 9.59 Å². The lowest BCUT2D eigenvalue weighted by atomic mass is 9.84. The van der Waals surface area contributed by atoms with Crippen LogP contribution < -0.4 is 0 Å². The van der Waals surface area contributed by atoms with Crippen molar-refractivity contribution in [2.75, 3.05) is 13.2 Å². The lowest BCUT2D eigenvalue weighted by molar-refractivity contribution is -0.171. The van der Waals surface area contributed by atoms with Gasteiger partial charge in [0.2, 0.25) is 0 Å². The molecule has 0 saturated heterocycles. The molecule has 0 aliphatic heterocycles. The van der Waals surface area contributed by atoms with Gasteiger partial charge in [0.1, 0.15) is 0 Å². The van der Waals surface area contributed by atoms with Gasteiger partial charge in [-0.2, -0.15) is 0 Å². The maximum atomic E-state index is 12.8. The molecule has 1 aliphatic carbocycles. The minimum Gasteiger partial charge on any atom is -0.465 e. The van der Waals surface area contributed by atoms with E-state index in [9.17, 15) is 14.7 Å². The average Bonchev–Trinajstić information content (AvgIpc) is 3.09. The SMILES string of the molecule is CCOC(=O)C1(C(=O)OCC)Cc2cc(CO)cc(-c3ccccc3)c2C1. The highest BCUT2D eigenvalue weighted by Crippen LogP contribution is 2.44. The number of hydrogen-bond acceptors (Lipinski definition) is 5. The molecule has 0 atom stereocenters. The molecular formula is C22H24O5. The molecule has 0 heterocycles. The number of carbonyl (C=O) groups is 2. The summed E-state index contributed by atoms with van der Waals surface area (Å²) in [6.07, 6.45) is 0.448. The van der Waals surface area contributed by atoms with Crippen LogP contribution in [0.15, 0.2) is 42.5 Å². The van der Waals surface area contributed by atoms with Gasteiger partial charge in [-0.1, -0.05) is 36.4 Å². The number of rotatable bonds is 6. The van der Waals surface area contributed by atoms with Crippen LogP contribution in [0.3, 0.4) is 0 Å². The van der Waals surface area contributed by atoms with Crippen LogP contribution in [-0.2, 0) is 38.5 Å². The summed E-state index contributed by atoms with van der Waals surface area (Å²) in [5.74, 6) is -1.10. The average molecular weight is 368 g/mol. The van der Waals surface area contributed by atoms with Crippen LogP contribution in [0.4, 0.5) is 0 Å². The van der Waals surface area contributed by atoms with Crippen molar-refractivity contribution in [3.05, 3.63) is 59.2 Å². The third kappa shape index (κ3) is 3.47. The second kappa shape index (κ2) is 7.92. The van der Waals surface area contributed by atoms with E-state index in [0.717, 1.165) is 27.8 Å². The normalized spacial score (nSPS) is 14.5. The molecule has 1 N–H and O–H groups in total. The minimum atomic E-state index is -1.37. The highest BCUT2D eigenvalue weighted by molar-refractivity contribution is 6.02. The number of esters is 2. The Bertz CT molecular complexity index is 823. The van der Waals surface area contributed by atoms with Crippen LogP contribution in [-0.4, -0.2) is 30.3 Å². The first-order chi connectivity index (χ1) is 13.1. The number of hydrogen-bond donors (Lipinski definition) is 1. The molecule has 5 nitrogen and oxygen atoms in total. The van der Waals surface area contributed by atoms with Crippen molar-refractivity contribution in [2.45, 2.75) is 33.3 Å². The highest BCUT2D eigenvalue weighted by atomic mass is 16.6. The second-order valence-electron chi connectivity index (χ2n) is 6.68. The van der Waals surface area contributed by atoms with E-state index in [-0.39, 0.29) is 32.7 Å². The van der Waals surface area contributed by atoms with Crippen molar-refractivity contribution in [3.8, 4) is 11.1 Å². The zero-order valence-electron chi connectivity index (χ0n) is 15.7. The lowest BCUT2D eigenvalue weighted by Crippen LogP contribution is -2.43. The summed E-state index contributed by atoms with van der Waals surface area (Å²) in [7, 11) is 0. The van der Waals surface area contributed by atoms with Gasteiger partial charge in [0, 0.05) is 6.42 Å². The van der Waals surface area contributed by atoms with Crippen LogP contribution in [0.1, 0.15) is 30.5 Å². The predicted octanol–water partition coefficient (Wildman–Crippen LogP) is 3.06. The van der Waals surface area contributed by atoms with Gasteiger partial charge in [0.15, 0.2) is 5.41 Å². The first kappa shape index (κ1) is 19.1. The fourth-order valence-electron chi connectivity index (χ4n) is 3.73. The first-order valence-corrected chi connectivity index (χ1v) is 9.21. The van der Waals surface area contributed by atoms with Gasteiger partial charge >= 0.3 is 11.9 Å². The van der Waals surface area contributed by atoms with Crippen LogP contribution >= 0.6 is 0 Å². The van der Waals surface area contributed by atoms with E-state index >= 15 is 0 Å². The number of benzene rings is 2. The van der Waals surface area contributed by atoms with E-state index in [4.69, 9.17) is 9.47 Å². The van der Waals surface area contributed by atoms with Crippen molar-refractivity contribution in [3.63, 3.8) is 0 Å². The lowest BCUT2D eigenvalue weighted by Gasteiger charge is -2.24. The molecule has 2 aromatic rings. The Morgan fingerprint density at radius 3 is 2.19 bits per heavy atom. The van der Waals surface area contributed by atoms with Gasteiger partial charge in [0.25, 0.3) is 0 Å². The molecule has 1 aliphatic rings. The highest BCUT2D eigenvalue weighted by Gasteiger charge is 2.53. The van der Waals surface area contributed by atoms with Crippen molar-refractivity contribution in [2.24, 2.45) is 5.41 Å². The van der Waals surface area contributed by atoms with Crippen LogP contribution in [0.5, 0.6) is 0 Å². The summed E-state index contributed by atoms with van der Waals surface area (Å²) in [5.41, 5.74) is 3.09. The summed E-state index contributed by atoms with van der Waals surface area (Å²) in [6.45, 7) is 3.72. The smallest absolute Gasteiger partial charge is 0.324 e.